The maximum atomic E-state index is 13.5. The molecule has 9 heteroatoms. The van der Waals surface area contributed by atoms with Gasteiger partial charge in [-0.25, -0.2) is 4.79 Å². The highest BCUT2D eigenvalue weighted by Gasteiger charge is 2.47. The van der Waals surface area contributed by atoms with E-state index in [0.717, 1.165) is 29.2 Å². The van der Waals surface area contributed by atoms with E-state index in [9.17, 15) is 19.7 Å². The number of nitro groups is 1. The van der Waals surface area contributed by atoms with E-state index < -0.39 is 22.2 Å². The first kappa shape index (κ1) is 26.5. The summed E-state index contributed by atoms with van der Waals surface area (Å²) in [5.41, 5.74) is 0.548. The minimum absolute atomic E-state index is 0.00166. The Labute approximate surface area is 227 Å². The van der Waals surface area contributed by atoms with Crippen molar-refractivity contribution in [2.75, 3.05) is 13.2 Å². The molecule has 5 rings (SSSR count). The number of nitrogens with zero attached hydrogens (tertiary/aromatic N) is 2. The number of rotatable bonds is 7. The first-order valence-corrected chi connectivity index (χ1v) is 13.2. The maximum Gasteiger partial charge on any atom is 0.410 e. The van der Waals surface area contributed by atoms with Crippen LogP contribution in [0.15, 0.2) is 54.6 Å². The van der Waals surface area contributed by atoms with Crippen LogP contribution in [0, 0.1) is 17.0 Å². The van der Waals surface area contributed by atoms with Crippen molar-refractivity contribution in [3.63, 3.8) is 0 Å². The van der Waals surface area contributed by atoms with Gasteiger partial charge in [0.2, 0.25) is 0 Å². The fraction of sp³-hybridized carbons (Fsp3) is 0.400. The van der Waals surface area contributed by atoms with Crippen LogP contribution in [0.5, 0.6) is 5.75 Å². The van der Waals surface area contributed by atoms with Crippen molar-refractivity contribution in [1.82, 2.24) is 10.2 Å². The zero-order valence-electron chi connectivity index (χ0n) is 22.7. The third kappa shape index (κ3) is 5.39. The lowest BCUT2D eigenvalue weighted by atomic mass is 9.96. The molecular weight excluding hydrogens is 498 g/mol. The van der Waals surface area contributed by atoms with Gasteiger partial charge in [-0.1, -0.05) is 42.5 Å². The zero-order valence-corrected chi connectivity index (χ0v) is 22.7. The standard InChI is InChI=1S/C30H33N3O6/c1-19-16-25(33(36)37)26(38-18-21-12-15-32(21)28(35)39-29(2,3)4)17-23(19)27(34)31-30(13-14-30)24-11-7-9-20-8-5-6-10-22(20)24/h5-11,16-17,21H,12-15,18H2,1-4H3,(H,31,34). The third-order valence-electron chi connectivity index (χ3n) is 7.36. The summed E-state index contributed by atoms with van der Waals surface area (Å²) in [4.78, 5) is 38.8. The molecule has 1 aliphatic carbocycles. The topological polar surface area (TPSA) is 111 Å². The summed E-state index contributed by atoms with van der Waals surface area (Å²) >= 11 is 0. The summed E-state index contributed by atoms with van der Waals surface area (Å²) in [6.45, 7) is 7.66. The Balaban J connectivity index is 1.35. The van der Waals surface area contributed by atoms with Gasteiger partial charge in [-0.3, -0.25) is 14.9 Å². The second-order valence-corrected chi connectivity index (χ2v) is 11.4. The highest BCUT2D eigenvalue weighted by molar-refractivity contribution is 5.98. The maximum absolute atomic E-state index is 13.5. The van der Waals surface area contributed by atoms with Crippen molar-refractivity contribution in [3.8, 4) is 5.75 Å². The minimum Gasteiger partial charge on any atom is -0.485 e. The molecule has 1 saturated carbocycles. The monoisotopic (exact) mass is 531 g/mol. The second-order valence-electron chi connectivity index (χ2n) is 11.4. The molecular formula is C30H33N3O6. The van der Waals surface area contributed by atoms with Gasteiger partial charge in [-0.2, -0.15) is 0 Å². The molecule has 1 atom stereocenters. The molecule has 1 saturated heterocycles. The average Bonchev–Trinajstić information content (AvgIpc) is 3.62. The highest BCUT2D eigenvalue weighted by atomic mass is 16.6. The van der Waals surface area contributed by atoms with Crippen molar-refractivity contribution in [3.05, 3.63) is 81.4 Å². The predicted molar refractivity (Wildman–Crippen MR) is 147 cm³/mol. The van der Waals surface area contributed by atoms with E-state index in [4.69, 9.17) is 9.47 Å². The molecule has 3 aromatic rings. The number of carbonyl (C=O) groups excluding carboxylic acids is 2. The number of nitrogens with one attached hydrogen (secondary N) is 1. The first-order valence-electron chi connectivity index (χ1n) is 13.2. The van der Waals surface area contributed by atoms with Crippen LogP contribution in [0.2, 0.25) is 0 Å². The molecule has 0 radical (unpaired) electrons. The molecule has 1 unspecified atom stereocenters. The number of ether oxygens (including phenoxy) is 2. The van der Waals surface area contributed by atoms with Crippen LogP contribution in [-0.4, -0.2) is 46.6 Å². The summed E-state index contributed by atoms with van der Waals surface area (Å²) in [6, 6.07) is 16.7. The lowest BCUT2D eigenvalue weighted by molar-refractivity contribution is -0.386. The third-order valence-corrected chi connectivity index (χ3v) is 7.36. The summed E-state index contributed by atoms with van der Waals surface area (Å²) in [5.74, 6) is -0.307. The Morgan fingerprint density at radius 3 is 2.49 bits per heavy atom. The van der Waals surface area contributed by atoms with E-state index in [0.29, 0.717) is 24.1 Å². The number of fused-ring (bicyclic) bond motifs is 1. The van der Waals surface area contributed by atoms with Gasteiger partial charge < -0.3 is 19.7 Å². The van der Waals surface area contributed by atoms with E-state index in [1.807, 2.05) is 36.4 Å². The predicted octanol–water partition coefficient (Wildman–Crippen LogP) is 5.86. The zero-order chi connectivity index (χ0) is 27.9. The Kier molecular flexibility index (Phi) is 6.70. The number of likely N-dealkylation sites (tertiary alicyclic amines) is 1. The number of benzene rings is 3. The Bertz CT molecular complexity index is 1450. The summed E-state index contributed by atoms with van der Waals surface area (Å²) in [6.07, 6.45) is 1.87. The summed E-state index contributed by atoms with van der Waals surface area (Å²) < 4.78 is 11.3. The number of amides is 2. The van der Waals surface area contributed by atoms with Crippen LogP contribution in [0.25, 0.3) is 10.8 Å². The minimum atomic E-state index is -0.624. The molecule has 204 valence electrons. The van der Waals surface area contributed by atoms with Crippen LogP contribution in [0.4, 0.5) is 10.5 Å². The van der Waals surface area contributed by atoms with Crippen LogP contribution in [0.3, 0.4) is 0 Å². The van der Waals surface area contributed by atoms with Crippen molar-refractivity contribution < 1.29 is 24.0 Å². The largest absolute Gasteiger partial charge is 0.485 e. The van der Waals surface area contributed by atoms with Crippen LogP contribution < -0.4 is 10.1 Å². The van der Waals surface area contributed by atoms with E-state index in [1.54, 1.807) is 32.6 Å². The van der Waals surface area contributed by atoms with Gasteiger partial charge in [0.1, 0.15) is 12.2 Å². The van der Waals surface area contributed by atoms with E-state index in [1.165, 1.54) is 12.1 Å². The molecule has 39 heavy (non-hydrogen) atoms. The lowest BCUT2D eigenvalue weighted by Gasteiger charge is -2.40. The first-order chi connectivity index (χ1) is 18.5. The smallest absolute Gasteiger partial charge is 0.410 e. The van der Waals surface area contributed by atoms with Gasteiger partial charge in [0.15, 0.2) is 5.75 Å². The van der Waals surface area contributed by atoms with Gasteiger partial charge in [0.05, 0.1) is 16.5 Å². The van der Waals surface area contributed by atoms with Crippen molar-refractivity contribution in [2.24, 2.45) is 0 Å². The number of nitro benzene ring substituents is 1. The molecule has 9 nitrogen and oxygen atoms in total. The quantitative estimate of drug-likeness (QED) is 0.302. The number of hydrogen-bond donors (Lipinski definition) is 1. The molecule has 1 N–H and O–H groups in total. The molecule has 0 aromatic heterocycles. The van der Waals surface area contributed by atoms with Crippen LogP contribution in [0.1, 0.15) is 61.5 Å². The molecule has 3 aromatic carbocycles. The highest BCUT2D eigenvalue weighted by Crippen LogP contribution is 2.48. The van der Waals surface area contributed by atoms with E-state index in [-0.39, 0.29) is 30.0 Å². The van der Waals surface area contributed by atoms with Crippen LogP contribution >= 0.6 is 0 Å². The molecule has 2 aliphatic rings. The van der Waals surface area contributed by atoms with E-state index in [2.05, 4.69) is 11.4 Å². The summed E-state index contributed by atoms with van der Waals surface area (Å²) in [7, 11) is 0. The van der Waals surface area contributed by atoms with Gasteiger partial charge in [-0.05, 0) is 68.9 Å². The van der Waals surface area contributed by atoms with Crippen LogP contribution in [-0.2, 0) is 10.3 Å². The molecule has 0 spiro atoms. The Morgan fingerprint density at radius 1 is 1.13 bits per heavy atom. The second kappa shape index (κ2) is 9.87. The molecule has 2 fully saturated rings. The van der Waals surface area contributed by atoms with E-state index >= 15 is 0 Å². The Morgan fingerprint density at radius 2 is 1.85 bits per heavy atom. The number of hydrogen-bond acceptors (Lipinski definition) is 6. The van der Waals surface area contributed by atoms with Crippen molar-refractivity contribution >= 4 is 28.5 Å². The van der Waals surface area contributed by atoms with Gasteiger partial charge in [-0.15, -0.1) is 0 Å². The molecule has 0 bridgehead atoms. The van der Waals surface area contributed by atoms with Crippen molar-refractivity contribution in [1.29, 1.82) is 0 Å². The number of aryl methyl sites for hydroxylation is 1. The lowest BCUT2D eigenvalue weighted by Crippen LogP contribution is -2.55. The molecule has 2 amide bonds. The Hall–Kier alpha value is -4.14. The normalized spacial score (nSPS) is 17.7. The summed E-state index contributed by atoms with van der Waals surface area (Å²) in [5, 5.41) is 17.2. The van der Waals surface area contributed by atoms with Crippen molar-refractivity contribution in [2.45, 2.75) is 64.1 Å². The number of carbonyl (C=O) groups is 2. The average molecular weight is 532 g/mol. The van der Waals surface area contributed by atoms with Gasteiger partial charge in [0.25, 0.3) is 5.91 Å². The molecule has 1 aliphatic heterocycles. The van der Waals surface area contributed by atoms with Gasteiger partial charge in [0, 0.05) is 24.2 Å². The fourth-order valence-corrected chi connectivity index (χ4v) is 5.05. The molecule has 1 heterocycles. The van der Waals surface area contributed by atoms with Gasteiger partial charge >= 0.3 is 11.8 Å². The fourth-order valence-electron chi connectivity index (χ4n) is 5.05. The SMILES string of the molecule is Cc1cc([N+](=O)[O-])c(OCC2CCN2C(=O)OC(C)(C)C)cc1C(=O)NC1(c2cccc3ccccc23)CC1.